The van der Waals surface area contributed by atoms with Gasteiger partial charge in [-0.25, -0.2) is 9.78 Å². The summed E-state index contributed by atoms with van der Waals surface area (Å²) in [5.74, 6) is -0.120. The van der Waals surface area contributed by atoms with Gasteiger partial charge in [0.05, 0.1) is 5.39 Å². The molecule has 1 aliphatic heterocycles. The number of nitrogens with one attached hydrogen (secondary N) is 1. The van der Waals surface area contributed by atoms with Crippen LogP contribution in [0.2, 0.25) is 0 Å². The minimum atomic E-state index is -1.10. The summed E-state index contributed by atoms with van der Waals surface area (Å²) in [6.45, 7) is 1.39. The van der Waals surface area contributed by atoms with E-state index in [2.05, 4.69) is 15.3 Å². The highest BCUT2D eigenvalue weighted by Crippen LogP contribution is 2.28. The lowest BCUT2D eigenvalue weighted by atomic mass is 10.0. The van der Waals surface area contributed by atoms with E-state index in [1.165, 1.54) is 0 Å². The first-order valence-corrected chi connectivity index (χ1v) is 12.0. The van der Waals surface area contributed by atoms with Gasteiger partial charge in [0.2, 0.25) is 5.88 Å². The molecule has 1 fully saturated rings. The number of pyridine rings is 2. The molecule has 0 bridgehead atoms. The van der Waals surface area contributed by atoms with Crippen LogP contribution in [0.1, 0.15) is 31.2 Å². The third-order valence-electron chi connectivity index (χ3n) is 6.53. The minimum Gasteiger partial charge on any atom is -0.480 e. The van der Waals surface area contributed by atoms with Crippen molar-refractivity contribution in [1.82, 2.24) is 9.97 Å². The van der Waals surface area contributed by atoms with Gasteiger partial charge in [-0.05, 0) is 48.1 Å². The van der Waals surface area contributed by atoms with E-state index >= 15 is 0 Å². The molecule has 3 heterocycles. The molecule has 1 atom stereocenters. The van der Waals surface area contributed by atoms with E-state index in [4.69, 9.17) is 4.74 Å². The standard InChI is InChI=1S/C27H26N4O5/c32-24-22(23(25(24)33)31-13-3-1-2-4-14-31)30-21(27(34)35)15-17-5-7-19(8-6-17)36-26-20-16-28-11-9-18(20)10-12-29-26/h5-12,16,21,30H,1-4,13-15H2,(H,34,35)/t21-/m0/s1. The number of carbonyl (C=O) groups is 1. The predicted molar refractivity (Wildman–Crippen MR) is 137 cm³/mol. The largest absolute Gasteiger partial charge is 0.480 e. The molecule has 36 heavy (non-hydrogen) atoms. The van der Waals surface area contributed by atoms with Gasteiger partial charge in [-0.3, -0.25) is 14.6 Å². The highest BCUT2D eigenvalue weighted by atomic mass is 16.5. The number of aliphatic carboxylic acids is 1. The van der Waals surface area contributed by atoms with Crippen LogP contribution in [0.15, 0.2) is 64.6 Å². The molecular weight excluding hydrogens is 460 g/mol. The van der Waals surface area contributed by atoms with Crippen molar-refractivity contribution in [2.45, 2.75) is 38.1 Å². The second-order valence-corrected chi connectivity index (χ2v) is 8.98. The summed E-state index contributed by atoms with van der Waals surface area (Å²) in [7, 11) is 0. The Hall–Kier alpha value is -4.27. The van der Waals surface area contributed by atoms with Gasteiger partial charge in [-0.2, -0.15) is 0 Å². The molecule has 1 aliphatic rings. The van der Waals surface area contributed by atoms with Crippen LogP contribution in [0.4, 0.5) is 11.4 Å². The number of carboxylic acid groups (broad SMARTS) is 1. The van der Waals surface area contributed by atoms with Gasteiger partial charge in [0, 0.05) is 38.1 Å². The molecule has 0 aliphatic carbocycles. The Morgan fingerprint density at radius 1 is 1.00 bits per heavy atom. The van der Waals surface area contributed by atoms with Crippen LogP contribution in [-0.4, -0.2) is 40.2 Å². The number of rotatable bonds is 8. The van der Waals surface area contributed by atoms with Crippen molar-refractivity contribution in [3.05, 3.63) is 81.0 Å². The monoisotopic (exact) mass is 486 g/mol. The molecule has 4 aromatic rings. The van der Waals surface area contributed by atoms with E-state index in [1.54, 1.807) is 42.9 Å². The zero-order chi connectivity index (χ0) is 25.1. The average Bonchev–Trinajstić information content (AvgIpc) is 3.18. The van der Waals surface area contributed by atoms with Crippen LogP contribution in [0.3, 0.4) is 0 Å². The maximum atomic E-state index is 12.3. The van der Waals surface area contributed by atoms with Crippen molar-refractivity contribution in [3.63, 3.8) is 0 Å². The smallest absolute Gasteiger partial charge is 0.326 e. The molecule has 0 amide bonds. The molecule has 9 heteroatoms. The first kappa shape index (κ1) is 23.5. The Balaban J connectivity index is 1.30. The molecule has 2 N–H and O–H groups in total. The molecule has 0 saturated carbocycles. The summed E-state index contributed by atoms with van der Waals surface area (Å²) in [5.41, 5.74) is -0.00714. The Morgan fingerprint density at radius 3 is 2.44 bits per heavy atom. The summed E-state index contributed by atoms with van der Waals surface area (Å²) in [5, 5.41) is 14.4. The second kappa shape index (κ2) is 10.2. The number of anilines is 2. The average molecular weight is 487 g/mol. The number of carboxylic acids is 1. The third kappa shape index (κ3) is 4.77. The van der Waals surface area contributed by atoms with Crippen LogP contribution < -0.4 is 25.8 Å². The van der Waals surface area contributed by atoms with E-state index in [-0.39, 0.29) is 12.1 Å². The zero-order valence-corrected chi connectivity index (χ0v) is 19.6. The van der Waals surface area contributed by atoms with Crippen molar-refractivity contribution < 1.29 is 14.6 Å². The molecule has 0 unspecified atom stereocenters. The topological polar surface area (TPSA) is 122 Å². The first-order valence-electron chi connectivity index (χ1n) is 12.0. The van der Waals surface area contributed by atoms with Gasteiger partial charge in [-0.15, -0.1) is 0 Å². The number of aromatic nitrogens is 2. The van der Waals surface area contributed by atoms with Crippen LogP contribution in [0.25, 0.3) is 10.8 Å². The Labute approximate surface area is 207 Å². The Kier molecular flexibility index (Phi) is 6.62. The summed E-state index contributed by atoms with van der Waals surface area (Å²) in [6.07, 6.45) is 9.24. The second-order valence-electron chi connectivity index (χ2n) is 8.98. The predicted octanol–water partition coefficient (Wildman–Crippen LogP) is 3.51. The van der Waals surface area contributed by atoms with Crippen molar-refractivity contribution in [2.75, 3.05) is 23.3 Å². The zero-order valence-electron chi connectivity index (χ0n) is 19.6. The van der Waals surface area contributed by atoms with Crippen LogP contribution in [-0.2, 0) is 11.2 Å². The van der Waals surface area contributed by atoms with Gasteiger partial charge in [0.15, 0.2) is 0 Å². The summed E-state index contributed by atoms with van der Waals surface area (Å²) < 4.78 is 5.93. The number of benzene rings is 1. The van der Waals surface area contributed by atoms with Gasteiger partial charge in [0.25, 0.3) is 10.9 Å². The Morgan fingerprint density at radius 2 is 1.72 bits per heavy atom. The maximum absolute atomic E-state index is 12.3. The number of fused-ring (bicyclic) bond motifs is 1. The van der Waals surface area contributed by atoms with Gasteiger partial charge in [-0.1, -0.05) is 25.0 Å². The highest BCUT2D eigenvalue weighted by molar-refractivity contribution is 5.86. The molecule has 0 spiro atoms. The molecular formula is C27H26N4O5. The summed E-state index contributed by atoms with van der Waals surface area (Å²) in [4.78, 5) is 47.0. The quantitative estimate of drug-likeness (QED) is 0.360. The van der Waals surface area contributed by atoms with Crippen LogP contribution in [0, 0.1) is 0 Å². The molecule has 5 rings (SSSR count). The van der Waals surface area contributed by atoms with Crippen molar-refractivity contribution in [1.29, 1.82) is 0 Å². The van der Waals surface area contributed by atoms with Crippen LogP contribution >= 0.6 is 0 Å². The molecule has 2 aromatic carbocycles. The molecule has 9 nitrogen and oxygen atoms in total. The minimum absolute atomic E-state index is 0.116. The van der Waals surface area contributed by atoms with E-state index < -0.39 is 22.9 Å². The van der Waals surface area contributed by atoms with Gasteiger partial charge in [0.1, 0.15) is 23.2 Å². The van der Waals surface area contributed by atoms with E-state index in [0.29, 0.717) is 30.4 Å². The lowest BCUT2D eigenvalue weighted by Crippen LogP contribution is -2.46. The van der Waals surface area contributed by atoms with Crippen molar-refractivity contribution in [3.8, 4) is 11.6 Å². The fourth-order valence-electron chi connectivity index (χ4n) is 4.59. The fraction of sp³-hybridized carbons (Fsp3) is 0.296. The lowest BCUT2D eigenvalue weighted by Gasteiger charge is -2.27. The normalized spacial score (nSPS) is 14.9. The molecule has 0 radical (unpaired) electrons. The number of hydrogen-bond acceptors (Lipinski definition) is 8. The van der Waals surface area contributed by atoms with Gasteiger partial charge >= 0.3 is 5.97 Å². The lowest BCUT2D eigenvalue weighted by molar-refractivity contribution is -0.137. The molecule has 184 valence electrons. The van der Waals surface area contributed by atoms with Crippen molar-refractivity contribution in [2.24, 2.45) is 0 Å². The fourth-order valence-corrected chi connectivity index (χ4v) is 4.59. The molecule has 2 aromatic heterocycles. The Bertz CT molecular complexity index is 1450. The van der Waals surface area contributed by atoms with Crippen LogP contribution in [0.5, 0.6) is 11.6 Å². The SMILES string of the molecule is O=C(O)[C@H](Cc1ccc(Oc2nccc3ccncc23)cc1)Nc1c(N2CCCCCC2)c(=O)c1=O. The maximum Gasteiger partial charge on any atom is 0.326 e. The van der Waals surface area contributed by atoms with Crippen molar-refractivity contribution >= 4 is 28.1 Å². The van der Waals surface area contributed by atoms with E-state index in [1.807, 2.05) is 17.0 Å². The van der Waals surface area contributed by atoms with E-state index in [0.717, 1.165) is 42.0 Å². The summed E-state index contributed by atoms with van der Waals surface area (Å²) in [6, 6.07) is 9.72. The van der Waals surface area contributed by atoms with Gasteiger partial charge < -0.3 is 20.1 Å². The number of ether oxygens (including phenoxy) is 1. The number of nitrogens with zero attached hydrogens (tertiary/aromatic N) is 3. The first-order chi connectivity index (χ1) is 17.5. The third-order valence-corrected chi connectivity index (χ3v) is 6.53. The number of hydrogen-bond donors (Lipinski definition) is 2. The van der Waals surface area contributed by atoms with E-state index in [9.17, 15) is 19.5 Å². The highest BCUT2D eigenvalue weighted by Gasteiger charge is 2.30. The molecule has 1 saturated heterocycles. The summed E-state index contributed by atoms with van der Waals surface area (Å²) >= 11 is 0.